The maximum absolute atomic E-state index is 5.40. The van der Waals surface area contributed by atoms with E-state index in [-0.39, 0.29) is 0 Å². The lowest BCUT2D eigenvalue weighted by Gasteiger charge is -2.35. The van der Waals surface area contributed by atoms with Crippen LogP contribution in [0.1, 0.15) is 46.5 Å². The SMILES string of the molecule is CC(CN1CCOCC1)NC1CCC(C(C)C)CC1. The summed E-state index contributed by atoms with van der Waals surface area (Å²) in [7, 11) is 0. The molecule has 0 amide bonds. The van der Waals surface area contributed by atoms with Gasteiger partial charge in [0.05, 0.1) is 13.2 Å². The highest BCUT2D eigenvalue weighted by Gasteiger charge is 2.24. The highest BCUT2D eigenvalue weighted by Crippen LogP contribution is 2.29. The first kappa shape index (κ1) is 15.3. The summed E-state index contributed by atoms with van der Waals surface area (Å²) in [6.07, 6.45) is 5.58. The lowest BCUT2D eigenvalue weighted by molar-refractivity contribution is 0.0333. The molecule has 1 saturated heterocycles. The molecule has 19 heavy (non-hydrogen) atoms. The molecule has 1 heterocycles. The normalized spacial score (nSPS) is 31.6. The van der Waals surface area contributed by atoms with Crippen molar-refractivity contribution in [3.63, 3.8) is 0 Å². The minimum absolute atomic E-state index is 0.610. The third kappa shape index (κ3) is 5.05. The topological polar surface area (TPSA) is 24.5 Å². The lowest BCUT2D eigenvalue weighted by Crippen LogP contribution is -2.48. The zero-order chi connectivity index (χ0) is 13.7. The summed E-state index contributed by atoms with van der Waals surface area (Å²) < 4.78 is 5.40. The molecule has 0 radical (unpaired) electrons. The maximum atomic E-state index is 5.40. The molecule has 0 bridgehead atoms. The quantitative estimate of drug-likeness (QED) is 0.829. The molecule has 2 fully saturated rings. The highest BCUT2D eigenvalue weighted by molar-refractivity contribution is 4.81. The summed E-state index contributed by atoms with van der Waals surface area (Å²) in [5.41, 5.74) is 0. The van der Waals surface area contributed by atoms with Gasteiger partial charge >= 0.3 is 0 Å². The summed E-state index contributed by atoms with van der Waals surface area (Å²) in [4.78, 5) is 2.53. The molecule has 112 valence electrons. The molecule has 1 N–H and O–H groups in total. The van der Waals surface area contributed by atoms with Gasteiger partial charge in [-0.25, -0.2) is 0 Å². The molecule has 3 heteroatoms. The smallest absolute Gasteiger partial charge is 0.0594 e. The maximum Gasteiger partial charge on any atom is 0.0594 e. The molecule has 0 spiro atoms. The first-order valence-corrected chi connectivity index (χ1v) is 8.21. The molecule has 0 aromatic carbocycles. The second-order valence-electron chi connectivity index (χ2n) is 6.84. The van der Waals surface area contributed by atoms with Crippen molar-refractivity contribution in [3.8, 4) is 0 Å². The van der Waals surface area contributed by atoms with Crippen molar-refractivity contribution in [2.45, 2.75) is 58.5 Å². The van der Waals surface area contributed by atoms with Crippen LogP contribution in [0.5, 0.6) is 0 Å². The zero-order valence-corrected chi connectivity index (χ0v) is 13.0. The Hall–Kier alpha value is -0.120. The van der Waals surface area contributed by atoms with Crippen molar-refractivity contribution in [2.75, 3.05) is 32.8 Å². The number of nitrogens with one attached hydrogen (secondary N) is 1. The molecular formula is C16H32N2O. The van der Waals surface area contributed by atoms with Gasteiger partial charge in [-0.1, -0.05) is 13.8 Å². The van der Waals surface area contributed by atoms with E-state index < -0.39 is 0 Å². The molecule has 1 unspecified atom stereocenters. The van der Waals surface area contributed by atoms with E-state index in [1.165, 1.54) is 32.2 Å². The Kier molecular flexibility index (Phi) is 6.11. The standard InChI is InChI=1S/C16H32N2O/c1-13(2)15-4-6-16(7-5-15)17-14(3)12-18-8-10-19-11-9-18/h13-17H,4-12H2,1-3H3. The van der Waals surface area contributed by atoms with E-state index in [1.807, 2.05) is 0 Å². The van der Waals surface area contributed by atoms with E-state index >= 15 is 0 Å². The average molecular weight is 268 g/mol. The molecule has 1 aliphatic carbocycles. The molecular weight excluding hydrogens is 236 g/mol. The van der Waals surface area contributed by atoms with Gasteiger partial charge in [-0.3, -0.25) is 4.90 Å². The van der Waals surface area contributed by atoms with Crippen molar-refractivity contribution < 1.29 is 4.74 Å². The van der Waals surface area contributed by atoms with Crippen LogP contribution in [0.2, 0.25) is 0 Å². The van der Waals surface area contributed by atoms with E-state index in [9.17, 15) is 0 Å². The van der Waals surface area contributed by atoms with Crippen LogP contribution in [0.4, 0.5) is 0 Å². The van der Waals surface area contributed by atoms with Gasteiger partial charge in [-0.15, -0.1) is 0 Å². The molecule has 2 rings (SSSR count). The summed E-state index contributed by atoms with van der Waals surface area (Å²) >= 11 is 0. The fourth-order valence-corrected chi connectivity index (χ4v) is 3.58. The van der Waals surface area contributed by atoms with Gasteiger partial charge in [0, 0.05) is 31.7 Å². The Morgan fingerprint density at radius 1 is 1.05 bits per heavy atom. The number of hydrogen-bond donors (Lipinski definition) is 1. The molecule has 1 aliphatic heterocycles. The molecule has 0 aromatic rings. The van der Waals surface area contributed by atoms with Crippen molar-refractivity contribution in [1.82, 2.24) is 10.2 Å². The van der Waals surface area contributed by atoms with E-state index in [0.29, 0.717) is 6.04 Å². The van der Waals surface area contributed by atoms with Crippen LogP contribution >= 0.6 is 0 Å². The summed E-state index contributed by atoms with van der Waals surface area (Å²) in [5, 5.41) is 3.84. The number of hydrogen-bond acceptors (Lipinski definition) is 3. The van der Waals surface area contributed by atoms with Crippen molar-refractivity contribution in [1.29, 1.82) is 0 Å². The summed E-state index contributed by atoms with van der Waals surface area (Å²) in [6.45, 7) is 12.3. The molecule has 1 atom stereocenters. The van der Waals surface area contributed by atoms with Crippen LogP contribution in [0.25, 0.3) is 0 Å². The second-order valence-corrected chi connectivity index (χ2v) is 6.84. The number of rotatable bonds is 5. The largest absolute Gasteiger partial charge is 0.379 e. The molecule has 3 nitrogen and oxygen atoms in total. The minimum atomic E-state index is 0.610. The molecule has 0 aromatic heterocycles. The number of ether oxygens (including phenoxy) is 1. The van der Waals surface area contributed by atoms with Crippen LogP contribution in [-0.2, 0) is 4.74 Å². The van der Waals surface area contributed by atoms with Gasteiger partial charge in [0.1, 0.15) is 0 Å². The Morgan fingerprint density at radius 2 is 1.68 bits per heavy atom. The first-order chi connectivity index (χ1) is 9.15. The van der Waals surface area contributed by atoms with E-state index in [2.05, 4.69) is 31.0 Å². The number of morpholine rings is 1. The zero-order valence-electron chi connectivity index (χ0n) is 13.0. The predicted molar refractivity (Wildman–Crippen MR) is 80.4 cm³/mol. The van der Waals surface area contributed by atoms with Gasteiger partial charge in [-0.2, -0.15) is 0 Å². The average Bonchev–Trinajstić information content (AvgIpc) is 2.40. The summed E-state index contributed by atoms with van der Waals surface area (Å²) in [5.74, 6) is 1.83. The molecule has 1 saturated carbocycles. The fraction of sp³-hybridized carbons (Fsp3) is 1.00. The van der Waals surface area contributed by atoms with Crippen molar-refractivity contribution >= 4 is 0 Å². The van der Waals surface area contributed by atoms with Crippen LogP contribution < -0.4 is 5.32 Å². The van der Waals surface area contributed by atoms with Crippen LogP contribution in [0, 0.1) is 11.8 Å². The lowest BCUT2D eigenvalue weighted by atomic mass is 9.79. The Bertz CT molecular complexity index is 243. The van der Waals surface area contributed by atoms with Crippen LogP contribution in [0.3, 0.4) is 0 Å². The van der Waals surface area contributed by atoms with Gasteiger partial charge in [0.15, 0.2) is 0 Å². The first-order valence-electron chi connectivity index (χ1n) is 8.21. The monoisotopic (exact) mass is 268 g/mol. The van der Waals surface area contributed by atoms with Crippen molar-refractivity contribution in [3.05, 3.63) is 0 Å². The van der Waals surface area contributed by atoms with E-state index in [4.69, 9.17) is 4.74 Å². The van der Waals surface area contributed by atoms with Gasteiger partial charge in [-0.05, 0) is 44.4 Å². The van der Waals surface area contributed by atoms with Gasteiger partial charge in [0.2, 0.25) is 0 Å². The minimum Gasteiger partial charge on any atom is -0.379 e. The highest BCUT2D eigenvalue weighted by atomic mass is 16.5. The van der Waals surface area contributed by atoms with E-state index in [1.54, 1.807) is 0 Å². The Balaban J connectivity index is 1.64. The number of nitrogens with zero attached hydrogens (tertiary/aromatic N) is 1. The van der Waals surface area contributed by atoms with Crippen LogP contribution in [0.15, 0.2) is 0 Å². The Labute approximate surface area is 119 Å². The van der Waals surface area contributed by atoms with Gasteiger partial charge in [0.25, 0.3) is 0 Å². The van der Waals surface area contributed by atoms with Crippen molar-refractivity contribution in [2.24, 2.45) is 11.8 Å². The molecule has 2 aliphatic rings. The summed E-state index contributed by atoms with van der Waals surface area (Å²) in [6, 6.07) is 1.37. The fourth-order valence-electron chi connectivity index (χ4n) is 3.58. The second kappa shape index (κ2) is 7.61. The van der Waals surface area contributed by atoms with Gasteiger partial charge < -0.3 is 10.1 Å². The third-order valence-electron chi connectivity index (χ3n) is 4.87. The predicted octanol–water partition coefficient (Wildman–Crippen LogP) is 2.51. The Morgan fingerprint density at radius 3 is 2.26 bits per heavy atom. The third-order valence-corrected chi connectivity index (χ3v) is 4.87. The van der Waals surface area contributed by atoms with E-state index in [0.717, 1.165) is 44.2 Å². The van der Waals surface area contributed by atoms with Crippen LogP contribution in [-0.4, -0.2) is 49.8 Å².